The first-order chi connectivity index (χ1) is 6.68. The van der Waals surface area contributed by atoms with Gasteiger partial charge in [-0.2, -0.15) is 0 Å². The summed E-state index contributed by atoms with van der Waals surface area (Å²) < 4.78 is 25.9. The Morgan fingerprint density at radius 1 is 1.33 bits per heavy atom. The van der Waals surface area contributed by atoms with E-state index in [2.05, 4.69) is 4.72 Å². The topological polar surface area (TPSA) is 66.4 Å². The quantitative estimate of drug-likeness (QED) is 0.738. The second-order valence-corrected chi connectivity index (χ2v) is 7.61. The van der Waals surface area contributed by atoms with Crippen LogP contribution in [0.3, 0.4) is 0 Å². The van der Waals surface area contributed by atoms with Crippen LogP contribution in [-0.2, 0) is 10.0 Å². The van der Waals surface area contributed by atoms with Crippen LogP contribution in [-0.4, -0.2) is 32.4 Å². The van der Waals surface area contributed by atoms with E-state index in [1.165, 1.54) is 0 Å². The highest BCUT2D eigenvalue weighted by Crippen LogP contribution is 2.44. The van der Waals surface area contributed by atoms with E-state index < -0.39 is 10.0 Å². The minimum Gasteiger partial charge on any atom is -0.396 e. The van der Waals surface area contributed by atoms with E-state index >= 15 is 0 Å². The molecule has 1 aliphatic carbocycles. The summed E-state index contributed by atoms with van der Waals surface area (Å²) in [6, 6.07) is 0. The molecule has 1 aliphatic rings. The molecule has 0 radical (unpaired) electrons. The lowest BCUT2D eigenvalue weighted by Gasteiger charge is -2.20. The van der Waals surface area contributed by atoms with E-state index in [0.29, 0.717) is 6.54 Å². The van der Waals surface area contributed by atoms with E-state index in [1.807, 2.05) is 20.8 Å². The molecule has 4 nitrogen and oxygen atoms in total. The molecule has 1 rings (SSSR count). The normalized spacial score (nSPS) is 20.3. The van der Waals surface area contributed by atoms with Crippen LogP contribution in [0.4, 0.5) is 0 Å². The molecular weight excluding hydrogens is 214 g/mol. The van der Waals surface area contributed by atoms with Crippen molar-refractivity contribution in [3.8, 4) is 0 Å². The Bertz CT molecular complexity index is 312. The Labute approximate surface area is 92.1 Å². The van der Waals surface area contributed by atoms with Gasteiger partial charge in [0, 0.05) is 18.6 Å². The molecule has 0 aromatic carbocycles. The first-order valence-corrected chi connectivity index (χ1v) is 6.92. The van der Waals surface area contributed by atoms with Gasteiger partial charge in [0.2, 0.25) is 10.0 Å². The fraction of sp³-hybridized carbons (Fsp3) is 1.00. The Morgan fingerprint density at radius 3 is 2.20 bits per heavy atom. The highest BCUT2D eigenvalue weighted by Gasteiger charge is 2.42. The van der Waals surface area contributed by atoms with Crippen molar-refractivity contribution < 1.29 is 13.5 Å². The average Bonchev–Trinajstić information content (AvgIpc) is 2.77. The maximum absolute atomic E-state index is 11.6. The molecule has 15 heavy (non-hydrogen) atoms. The van der Waals surface area contributed by atoms with Crippen molar-refractivity contribution in [3.05, 3.63) is 0 Å². The monoisotopic (exact) mass is 235 g/mol. The van der Waals surface area contributed by atoms with Crippen LogP contribution in [0.5, 0.6) is 0 Å². The molecule has 1 fully saturated rings. The van der Waals surface area contributed by atoms with Crippen molar-refractivity contribution >= 4 is 10.0 Å². The van der Waals surface area contributed by atoms with Gasteiger partial charge in [-0.1, -0.05) is 20.8 Å². The lowest BCUT2D eigenvalue weighted by atomic mass is 10.0. The van der Waals surface area contributed by atoms with Crippen molar-refractivity contribution in [2.75, 3.05) is 18.9 Å². The molecule has 0 aromatic rings. The van der Waals surface area contributed by atoms with Gasteiger partial charge in [-0.25, -0.2) is 13.1 Å². The number of nitrogens with one attached hydrogen (secondary N) is 1. The van der Waals surface area contributed by atoms with Gasteiger partial charge >= 0.3 is 0 Å². The van der Waals surface area contributed by atoms with Crippen LogP contribution in [0.15, 0.2) is 0 Å². The van der Waals surface area contributed by atoms with Crippen LogP contribution in [0, 0.1) is 10.8 Å². The second-order valence-electron chi connectivity index (χ2n) is 5.80. The fourth-order valence-corrected chi connectivity index (χ4v) is 3.22. The van der Waals surface area contributed by atoms with Gasteiger partial charge in [-0.3, -0.25) is 0 Å². The highest BCUT2D eigenvalue weighted by molar-refractivity contribution is 7.89. The zero-order chi connectivity index (χ0) is 11.7. The van der Waals surface area contributed by atoms with Gasteiger partial charge in [0.05, 0.1) is 5.75 Å². The molecular formula is C10H21NO3S. The van der Waals surface area contributed by atoms with Crippen molar-refractivity contribution in [3.63, 3.8) is 0 Å². The zero-order valence-corrected chi connectivity index (χ0v) is 10.5. The Hall–Kier alpha value is -0.130. The van der Waals surface area contributed by atoms with Crippen LogP contribution in [0.1, 0.15) is 33.6 Å². The van der Waals surface area contributed by atoms with Crippen molar-refractivity contribution in [1.82, 2.24) is 4.72 Å². The second kappa shape index (κ2) is 4.03. The third-order valence-corrected chi connectivity index (χ3v) is 4.41. The van der Waals surface area contributed by atoms with Gasteiger partial charge in [-0.15, -0.1) is 0 Å². The van der Waals surface area contributed by atoms with Gasteiger partial charge in [-0.05, 0) is 18.3 Å². The number of aliphatic hydroxyl groups is 1. The molecule has 0 bridgehead atoms. The largest absolute Gasteiger partial charge is 0.396 e. The average molecular weight is 235 g/mol. The lowest BCUT2D eigenvalue weighted by Crippen LogP contribution is -2.36. The molecule has 0 heterocycles. The third-order valence-electron chi connectivity index (χ3n) is 2.58. The van der Waals surface area contributed by atoms with E-state index in [4.69, 9.17) is 5.11 Å². The lowest BCUT2D eigenvalue weighted by molar-refractivity contribution is 0.213. The molecule has 0 aliphatic heterocycles. The summed E-state index contributed by atoms with van der Waals surface area (Å²) in [6.07, 6.45) is 1.84. The molecule has 0 amide bonds. The first-order valence-electron chi connectivity index (χ1n) is 5.26. The molecule has 1 saturated carbocycles. The summed E-state index contributed by atoms with van der Waals surface area (Å²) in [5.41, 5.74) is -0.396. The molecule has 0 unspecified atom stereocenters. The minimum absolute atomic E-state index is 0.0744. The van der Waals surface area contributed by atoms with E-state index in [9.17, 15) is 8.42 Å². The van der Waals surface area contributed by atoms with E-state index in [-0.39, 0.29) is 23.2 Å². The molecule has 90 valence electrons. The maximum atomic E-state index is 11.6. The summed E-state index contributed by atoms with van der Waals surface area (Å²) in [7, 11) is -3.20. The Kier molecular flexibility index (Phi) is 3.48. The smallest absolute Gasteiger partial charge is 0.212 e. The first kappa shape index (κ1) is 12.9. The van der Waals surface area contributed by atoms with Gasteiger partial charge in [0.1, 0.15) is 0 Å². The van der Waals surface area contributed by atoms with Crippen LogP contribution >= 0.6 is 0 Å². The predicted octanol–water partition coefficient (Wildman–Crippen LogP) is 0.724. The van der Waals surface area contributed by atoms with Crippen LogP contribution in [0.25, 0.3) is 0 Å². The molecule has 5 heteroatoms. The molecule has 0 spiro atoms. The Morgan fingerprint density at radius 2 is 1.87 bits per heavy atom. The maximum Gasteiger partial charge on any atom is 0.212 e. The molecule has 0 aromatic heterocycles. The summed E-state index contributed by atoms with van der Waals surface area (Å²) in [4.78, 5) is 0. The number of aliphatic hydroxyl groups excluding tert-OH is 1. The summed E-state index contributed by atoms with van der Waals surface area (Å²) >= 11 is 0. The van der Waals surface area contributed by atoms with E-state index in [0.717, 1.165) is 12.8 Å². The number of hydrogen-bond donors (Lipinski definition) is 2. The minimum atomic E-state index is -3.20. The zero-order valence-electron chi connectivity index (χ0n) is 9.71. The number of hydrogen-bond acceptors (Lipinski definition) is 3. The molecule has 0 atom stereocenters. The van der Waals surface area contributed by atoms with Gasteiger partial charge in [0.25, 0.3) is 0 Å². The fourth-order valence-electron chi connectivity index (χ4n) is 1.45. The van der Waals surface area contributed by atoms with E-state index in [1.54, 1.807) is 0 Å². The highest BCUT2D eigenvalue weighted by atomic mass is 32.2. The van der Waals surface area contributed by atoms with Crippen molar-refractivity contribution in [2.45, 2.75) is 33.6 Å². The predicted molar refractivity (Wildman–Crippen MR) is 60.0 cm³/mol. The molecule has 2 N–H and O–H groups in total. The summed E-state index contributed by atoms with van der Waals surface area (Å²) in [5, 5.41) is 9.05. The number of rotatable bonds is 5. The standard InChI is InChI=1S/C10H21NO3S/c1-9(2,3)8-15(13,14)11-6-10(7-12)4-5-10/h11-12H,4-8H2,1-3H3. The summed E-state index contributed by atoms with van der Waals surface area (Å²) in [6.45, 7) is 6.13. The van der Waals surface area contributed by atoms with Crippen LogP contribution < -0.4 is 4.72 Å². The SMILES string of the molecule is CC(C)(C)CS(=O)(=O)NCC1(CO)CC1. The van der Waals surface area contributed by atoms with Gasteiger partial charge in [0.15, 0.2) is 0 Å². The number of sulfonamides is 1. The van der Waals surface area contributed by atoms with Crippen molar-refractivity contribution in [2.24, 2.45) is 10.8 Å². The van der Waals surface area contributed by atoms with Crippen LogP contribution in [0.2, 0.25) is 0 Å². The summed E-state index contributed by atoms with van der Waals surface area (Å²) in [5.74, 6) is 0.126. The Balaban J connectivity index is 2.44. The van der Waals surface area contributed by atoms with Gasteiger partial charge < -0.3 is 5.11 Å². The molecule has 0 saturated heterocycles. The third kappa shape index (κ3) is 4.49. The van der Waals surface area contributed by atoms with Crippen molar-refractivity contribution in [1.29, 1.82) is 0 Å².